The molecule has 1 saturated heterocycles. The third-order valence-corrected chi connectivity index (χ3v) is 6.53. The van der Waals surface area contributed by atoms with Crippen LogP contribution in [0.3, 0.4) is 0 Å². The molecule has 1 fully saturated rings. The molecule has 0 unspecified atom stereocenters. The van der Waals surface area contributed by atoms with Crippen molar-refractivity contribution in [2.75, 3.05) is 39.3 Å². The van der Waals surface area contributed by atoms with E-state index in [0.717, 1.165) is 11.1 Å². The minimum absolute atomic E-state index is 0.278. The molecule has 2 aromatic carbocycles. The maximum absolute atomic E-state index is 12.5. The highest BCUT2D eigenvalue weighted by atomic mass is 32.2. The third kappa shape index (κ3) is 7.06. The highest BCUT2D eigenvalue weighted by Gasteiger charge is 2.28. The van der Waals surface area contributed by atoms with Crippen LogP contribution in [-0.4, -0.2) is 63.3 Å². The molecule has 0 aromatic heterocycles. The lowest BCUT2D eigenvalue weighted by Gasteiger charge is -2.31. The van der Waals surface area contributed by atoms with Crippen molar-refractivity contribution in [1.82, 2.24) is 4.31 Å². The molecule has 0 amide bonds. The average molecular weight is 418 g/mol. The number of nitrogens with one attached hydrogen (secondary N) is 1. The fourth-order valence-corrected chi connectivity index (χ4v) is 4.55. The first-order valence-electron chi connectivity index (χ1n) is 9.89. The van der Waals surface area contributed by atoms with Gasteiger partial charge in [-0.3, -0.25) is 0 Å². The average Bonchev–Trinajstić information content (AvgIpc) is 2.74. The molecule has 6 nitrogen and oxygen atoms in total. The van der Waals surface area contributed by atoms with E-state index in [0.29, 0.717) is 39.3 Å². The van der Waals surface area contributed by atoms with Crippen LogP contribution >= 0.6 is 0 Å². The predicted octanol–water partition coefficient (Wildman–Crippen LogP) is 0.765. The maximum Gasteiger partial charge on any atom is 0.236 e. The van der Waals surface area contributed by atoms with Crippen LogP contribution < -0.4 is 4.90 Å². The summed E-state index contributed by atoms with van der Waals surface area (Å²) in [6, 6.07) is 19.3. The Bertz CT molecular complexity index is 864. The van der Waals surface area contributed by atoms with E-state index in [1.807, 2.05) is 60.7 Å². The number of piperazine rings is 1. The Kier molecular flexibility index (Phi) is 7.97. The van der Waals surface area contributed by atoms with Gasteiger partial charge in [0.15, 0.2) is 0 Å². The summed E-state index contributed by atoms with van der Waals surface area (Å²) in [6.07, 6.45) is 1.07. The fourth-order valence-electron chi connectivity index (χ4n) is 3.36. The van der Waals surface area contributed by atoms with Crippen molar-refractivity contribution in [2.45, 2.75) is 12.7 Å². The van der Waals surface area contributed by atoms with Gasteiger partial charge < -0.3 is 14.7 Å². The highest BCUT2D eigenvalue weighted by Crippen LogP contribution is 2.08. The standard InChI is InChI=1S/C22H28N2O4S/c25-22(19-28-18-21-9-5-2-6-10-21)17-23-12-14-24(15-13-23)29(26,27)16-11-20-7-3-1-4-8-20/h1-11,16,22,25H,12-15,17-19H2/p+1/b16-11+/t22-/m1/s1. The van der Waals surface area contributed by atoms with Gasteiger partial charge in [0.2, 0.25) is 10.0 Å². The molecule has 0 spiro atoms. The molecule has 0 aliphatic carbocycles. The zero-order valence-electron chi connectivity index (χ0n) is 16.5. The van der Waals surface area contributed by atoms with Crippen LogP contribution in [0.2, 0.25) is 0 Å². The minimum Gasteiger partial charge on any atom is -0.385 e. The van der Waals surface area contributed by atoms with Gasteiger partial charge in [0.1, 0.15) is 12.6 Å². The quantitative estimate of drug-likeness (QED) is 0.632. The number of nitrogens with zero attached hydrogens (tertiary/aromatic N) is 1. The van der Waals surface area contributed by atoms with E-state index in [4.69, 9.17) is 4.74 Å². The van der Waals surface area contributed by atoms with E-state index in [2.05, 4.69) is 0 Å². The second-order valence-electron chi connectivity index (χ2n) is 7.27. The van der Waals surface area contributed by atoms with E-state index in [-0.39, 0.29) is 6.61 Å². The van der Waals surface area contributed by atoms with Gasteiger partial charge >= 0.3 is 0 Å². The van der Waals surface area contributed by atoms with Gasteiger partial charge in [-0.1, -0.05) is 60.7 Å². The van der Waals surface area contributed by atoms with Gasteiger partial charge in [-0.15, -0.1) is 0 Å². The lowest BCUT2D eigenvalue weighted by atomic mass is 10.2. The largest absolute Gasteiger partial charge is 0.385 e. The van der Waals surface area contributed by atoms with E-state index in [9.17, 15) is 13.5 Å². The first kappa shape index (κ1) is 21.7. The Labute approximate surface area is 173 Å². The van der Waals surface area contributed by atoms with Crippen molar-refractivity contribution in [1.29, 1.82) is 0 Å². The molecule has 3 rings (SSSR count). The molecule has 29 heavy (non-hydrogen) atoms. The SMILES string of the molecule is O=S(=O)(/C=C/c1ccccc1)N1CC[NH+](C[C@@H](O)COCc2ccccc2)CC1. The smallest absolute Gasteiger partial charge is 0.236 e. The molecular formula is C22H29N2O4S+. The topological polar surface area (TPSA) is 71.3 Å². The monoisotopic (exact) mass is 417 g/mol. The second-order valence-corrected chi connectivity index (χ2v) is 9.08. The van der Waals surface area contributed by atoms with Crippen molar-refractivity contribution >= 4 is 16.1 Å². The Morgan fingerprint density at radius 2 is 1.66 bits per heavy atom. The number of hydrogen-bond acceptors (Lipinski definition) is 4. The van der Waals surface area contributed by atoms with E-state index in [1.165, 1.54) is 14.6 Å². The molecule has 2 aromatic rings. The number of rotatable bonds is 9. The van der Waals surface area contributed by atoms with Crippen LogP contribution in [0.1, 0.15) is 11.1 Å². The summed E-state index contributed by atoms with van der Waals surface area (Å²) >= 11 is 0. The summed E-state index contributed by atoms with van der Waals surface area (Å²) in [5, 5.41) is 11.5. The van der Waals surface area contributed by atoms with Crippen LogP contribution in [0, 0.1) is 0 Å². The molecule has 2 N–H and O–H groups in total. The summed E-state index contributed by atoms with van der Waals surface area (Å²) < 4.78 is 32.2. The summed E-state index contributed by atoms with van der Waals surface area (Å²) in [6.45, 7) is 3.57. The minimum atomic E-state index is -3.43. The van der Waals surface area contributed by atoms with Crippen molar-refractivity contribution in [2.24, 2.45) is 0 Å². The molecule has 0 radical (unpaired) electrons. The summed E-state index contributed by atoms with van der Waals surface area (Å²) in [5.74, 6) is 0. The van der Waals surface area contributed by atoms with Crippen LogP contribution in [0.5, 0.6) is 0 Å². The highest BCUT2D eigenvalue weighted by molar-refractivity contribution is 7.92. The van der Waals surface area contributed by atoms with E-state index in [1.54, 1.807) is 6.08 Å². The zero-order chi connectivity index (χ0) is 20.5. The van der Waals surface area contributed by atoms with Gasteiger partial charge in [-0.2, -0.15) is 4.31 Å². The molecule has 156 valence electrons. The Hall–Kier alpha value is -2.03. The van der Waals surface area contributed by atoms with Crippen molar-refractivity contribution in [3.05, 3.63) is 77.2 Å². The molecule has 1 aliphatic rings. The number of aliphatic hydroxyl groups is 1. The molecule has 1 aliphatic heterocycles. The van der Waals surface area contributed by atoms with Gasteiger partial charge in [-0.25, -0.2) is 8.42 Å². The van der Waals surface area contributed by atoms with E-state index >= 15 is 0 Å². The van der Waals surface area contributed by atoms with Crippen LogP contribution in [0.4, 0.5) is 0 Å². The normalized spacial score (nSPS) is 17.6. The van der Waals surface area contributed by atoms with Crippen LogP contribution in [-0.2, 0) is 21.4 Å². The molecule has 1 heterocycles. The Morgan fingerprint density at radius 3 is 2.31 bits per heavy atom. The lowest BCUT2D eigenvalue weighted by Crippen LogP contribution is -3.15. The molecule has 1 atom stereocenters. The summed E-state index contributed by atoms with van der Waals surface area (Å²) in [5.41, 5.74) is 1.94. The predicted molar refractivity (Wildman–Crippen MR) is 114 cm³/mol. The first-order chi connectivity index (χ1) is 14.0. The van der Waals surface area contributed by atoms with Crippen LogP contribution in [0.15, 0.2) is 66.1 Å². The maximum atomic E-state index is 12.5. The van der Waals surface area contributed by atoms with Crippen molar-refractivity contribution in [3.63, 3.8) is 0 Å². The molecule has 7 heteroatoms. The zero-order valence-corrected chi connectivity index (χ0v) is 17.3. The number of aliphatic hydroxyl groups excluding tert-OH is 1. The lowest BCUT2D eigenvalue weighted by molar-refractivity contribution is -0.906. The number of quaternary nitrogens is 1. The van der Waals surface area contributed by atoms with Gasteiger partial charge in [0, 0.05) is 5.41 Å². The van der Waals surface area contributed by atoms with Gasteiger partial charge in [0.05, 0.1) is 39.4 Å². The number of ether oxygens (including phenoxy) is 1. The van der Waals surface area contributed by atoms with Gasteiger partial charge in [-0.05, 0) is 17.2 Å². The second kappa shape index (κ2) is 10.7. The Balaban J connectivity index is 1.39. The molecule has 0 saturated carbocycles. The number of hydrogen-bond donors (Lipinski definition) is 2. The fraction of sp³-hybridized carbons (Fsp3) is 0.364. The molecular weight excluding hydrogens is 388 g/mol. The third-order valence-electron chi connectivity index (χ3n) is 4.97. The number of benzene rings is 2. The van der Waals surface area contributed by atoms with Crippen molar-refractivity contribution in [3.8, 4) is 0 Å². The number of sulfonamides is 1. The Morgan fingerprint density at radius 1 is 1.03 bits per heavy atom. The molecule has 0 bridgehead atoms. The van der Waals surface area contributed by atoms with Crippen LogP contribution in [0.25, 0.3) is 6.08 Å². The summed E-state index contributed by atoms with van der Waals surface area (Å²) in [7, 11) is -3.43. The summed E-state index contributed by atoms with van der Waals surface area (Å²) in [4.78, 5) is 1.19. The van der Waals surface area contributed by atoms with Gasteiger partial charge in [0.25, 0.3) is 0 Å². The van der Waals surface area contributed by atoms with Crippen molar-refractivity contribution < 1.29 is 23.2 Å². The van der Waals surface area contributed by atoms with E-state index < -0.39 is 16.1 Å². The first-order valence-corrected chi connectivity index (χ1v) is 11.4.